The molecular weight excluding hydrogens is 995 g/mol. The number of phosphoric acid groups is 2. The maximum absolute atomic E-state index is 12.9. The molecule has 0 aromatic heterocycles. The Kier molecular flexibility index (Phi) is 48.1. The second-order valence-electron chi connectivity index (χ2n) is 20.4. The number of ether oxygens (including phenoxy) is 4. The number of carbonyl (C=O) groups excluding carboxylic acids is 4. The van der Waals surface area contributed by atoms with E-state index in [-0.39, 0.29) is 25.7 Å². The predicted octanol–water partition coefficient (Wildman–Crippen LogP) is 14.3. The van der Waals surface area contributed by atoms with Gasteiger partial charge in [-0.1, -0.05) is 214 Å². The second kappa shape index (κ2) is 49.4. The van der Waals surface area contributed by atoms with Crippen molar-refractivity contribution in [3.8, 4) is 0 Å². The van der Waals surface area contributed by atoms with E-state index in [0.717, 1.165) is 96.3 Å². The third kappa shape index (κ3) is 49.6. The highest BCUT2D eigenvalue weighted by Gasteiger charge is 2.30. The summed E-state index contributed by atoms with van der Waals surface area (Å²) < 4.78 is 67.3. The molecule has 5 atom stereocenters. The fourth-order valence-corrected chi connectivity index (χ4v) is 9.57. The largest absolute Gasteiger partial charge is 0.472 e. The fraction of sp³-hybridized carbons (Fsp3) is 0.927. The highest BCUT2D eigenvalue weighted by atomic mass is 31.2. The van der Waals surface area contributed by atoms with Crippen molar-refractivity contribution < 1.29 is 80.2 Å². The van der Waals surface area contributed by atoms with Gasteiger partial charge in [-0.05, 0) is 31.6 Å². The molecule has 0 fully saturated rings. The number of rotatable bonds is 55. The van der Waals surface area contributed by atoms with E-state index in [1.165, 1.54) is 83.5 Å². The van der Waals surface area contributed by atoms with Crippen LogP contribution in [0.15, 0.2) is 0 Å². The molecule has 2 unspecified atom stereocenters. The zero-order valence-corrected chi connectivity index (χ0v) is 48.7. The number of unbranched alkanes of at least 4 members (excludes halogenated alkanes) is 27. The monoisotopic (exact) mass is 1100 g/mol. The molecule has 0 aromatic carbocycles. The van der Waals surface area contributed by atoms with Gasteiger partial charge >= 0.3 is 39.5 Å². The molecule has 0 heterocycles. The molecule has 0 rings (SSSR count). The Hall–Kier alpha value is -1.94. The molecule has 19 heteroatoms. The Morgan fingerprint density at radius 3 is 0.919 bits per heavy atom. The molecule has 0 aliphatic carbocycles. The third-order valence-electron chi connectivity index (χ3n) is 12.5. The summed E-state index contributed by atoms with van der Waals surface area (Å²) in [7, 11) is -9.86. The number of hydrogen-bond donors (Lipinski definition) is 3. The summed E-state index contributed by atoms with van der Waals surface area (Å²) in [5, 5.41) is 10.4. The lowest BCUT2D eigenvalue weighted by molar-refractivity contribution is -0.161. The van der Waals surface area contributed by atoms with Crippen LogP contribution in [-0.2, 0) is 65.4 Å². The maximum atomic E-state index is 12.9. The van der Waals surface area contributed by atoms with Gasteiger partial charge in [0.15, 0.2) is 12.2 Å². The van der Waals surface area contributed by atoms with E-state index in [1.54, 1.807) is 0 Å². The van der Waals surface area contributed by atoms with E-state index in [4.69, 9.17) is 37.0 Å². The van der Waals surface area contributed by atoms with Crippen LogP contribution in [0.1, 0.15) is 266 Å². The maximum Gasteiger partial charge on any atom is 0.472 e. The molecule has 0 amide bonds. The van der Waals surface area contributed by atoms with E-state index in [2.05, 4.69) is 34.6 Å². The highest BCUT2D eigenvalue weighted by Crippen LogP contribution is 2.45. The van der Waals surface area contributed by atoms with Crippen molar-refractivity contribution in [3.63, 3.8) is 0 Å². The minimum absolute atomic E-state index is 0.103. The molecule has 0 saturated heterocycles. The first kappa shape index (κ1) is 72.1. The van der Waals surface area contributed by atoms with Crippen LogP contribution in [0.3, 0.4) is 0 Å². The summed E-state index contributed by atoms with van der Waals surface area (Å²) in [6.45, 7) is 6.94. The lowest BCUT2D eigenvalue weighted by Crippen LogP contribution is -2.30. The van der Waals surface area contributed by atoms with Crippen LogP contribution >= 0.6 is 15.6 Å². The normalized spacial score (nSPS) is 14.5. The molecule has 74 heavy (non-hydrogen) atoms. The van der Waals surface area contributed by atoms with E-state index in [1.807, 2.05) is 0 Å². The number of aliphatic hydroxyl groups excluding tert-OH is 1. The van der Waals surface area contributed by atoms with Crippen LogP contribution in [0.25, 0.3) is 0 Å². The van der Waals surface area contributed by atoms with Crippen LogP contribution in [0.5, 0.6) is 0 Å². The molecule has 0 saturated carbocycles. The number of hydrogen-bond acceptors (Lipinski definition) is 15. The zero-order chi connectivity index (χ0) is 55.0. The summed E-state index contributed by atoms with van der Waals surface area (Å²) in [4.78, 5) is 71.4. The summed E-state index contributed by atoms with van der Waals surface area (Å²) in [6.07, 6.45) is 29.8. The minimum Gasteiger partial charge on any atom is -0.462 e. The first-order valence-electron chi connectivity index (χ1n) is 29.1. The van der Waals surface area contributed by atoms with E-state index in [9.17, 15) is 43.2 Å². The van der Waals surface area contributed by atoms with Crippen LogP contribution in [0, 0.1) is 5.92 Å². The number of phosphoric ester groups is 2. The van der Waals surface area contributed by atoms with Crippen molar-refractivity contribution in [1.82, 2.24) is 0 Å². The van der Waals surface area contributed by atoms with Crippen molar-refractivity contribution in [2.45, 2.75) is 284 Å². The predicted molar refractivity (Wildman–Crippen MR) is 289 cm³/mol. The topological polar surface area (TPSA) is 237 Å². The lowest BCUT2D eigenvalue weighted by Gasteiger charge is -2.21. The van der Waals surface area contributed by atoms with Gasteiger partial charge in [0.25, 0.3) is 0 Å². The Morgan fingerprint density at radius 2 is 0.622 bits per heavy atom. The molecule has 0 aliphatic heterocycles. The molecule has 17 nitrogen and oxygen atoms in total. The summed E-state index contributed by atoms with van der Waals surface area (Å²) in [5.74, 6) is -1.46. The van der Waals surface area contributed by atoms with E-state index < -0.39 is 97.5 Å². The van der Waals surface area contributed by atoms with E-state index in [0.29, 0.717) is 31.6 Å². The van der Waals surface area contributed by atoms with Gasteiger partial charge < -0.3 is 33.8 Å². The second-order valence-corrected chi connectivity index (χ2v) is 23.4. The van der Waals surface area contributed by atoms with Gasteiger partial charge in [0.2, 0.25) is 0 Å². The zero-order valence-electron chi connectivity index (χ0n) is 47.0. The lowest BCUT2D eigenvalue weighted by atomic mass is 10.0. The molecule has 0 spiro atoms. The third-order valence-corrected chi connectivity index (χ3v) is 14.4. The van der Waals surface area contributed by atoms with Crippen molar-refractivity contribution in [2.75, 3.05) is 39.6 Å². The Morgan fingerprint density at radius 1 is 0.365 bits per heavy atom. The van der Waals surface area contributed by atoms with Crippen LogP contribution < -0.4 is 0 Å². The molecular formula is C55H106O17P2. The Bertz CT molecular complexity index is 1470. The van der Waals surface area contributed by atoms with E-state index >= 15 is 0 Å². The first-order chi connectivity index (χ1) is 35.5. The average Bonchev–Trinajstić information content (AvgIpc) is 3.36. The Labute approximate surface area is 447 Å². The standard InChI is InChI=1S/C55H106O17P2/c1-6-9-12-15-17-19-21-24-29-34-39-53(58)66-45-51(72-55(60)41-36-31-26-22-23-28-32-37-48(4)5)47-70-74(63,64)68-43-49(56)42-67-73(61,62)69-46-50(44-65-52(57)38-33-27-14-11-8-3)71-54(59)40-35-30-25-20-18-16-13-10-7-2/h48-51,56H,6-47H2,1-5H3,(H,61,62)(H,63,64)/t49-,50+,51+/m0/s1. The van der Waals surface area contributed by atoms with Gasteiger partial charge in [0, 0.05) is 25.7 Å². The molecule has 3 N–H and O–H groups in total. The number of aliphatic hydroxyl groups is 1. The summed E-state index contributed by atoms with van der Waals surface area (Å²) in [5.41, 5.74) is 0. The van der Waals surface area contributed by atoms with Crippen LogP contribution in [0.4, 0.5) is 0 Å². The average molecular weight is 1100 g/mol. The fourth-order valence-electron chi connectivity index (χ4n) is 7.99. The summed E-state index contributed by atoms with van der Waals surface area (Å²) in [6, 6.07) is 0. The van der Waals surface area contributed by atoms with Gasteiger partial charge in [-0.3, -0.25) is 37.3 Å². The van der Waals surface area contributed by atoms with Gasteiger partial charge in [0.05, 0.1) is 26.4 Å². The molecule has 0 aliphatic rings. The van der Waals surface area contributed by atoms with Crippen molar-refractivity contribution >= 4 is 39.5 Å². The first-order valence-corrected chi connectivity index (χ1v) is 32.1. The van der Waals surface area contributed by atoms with Crippen LogP contribution in [0.2, 0.25) is 0 Å². The van der Waals surface area contributed by atoms with Gasteiger partial charge in [-0.2, -0.15) is 0 Å². The quantitative estimate of drug-likeness (QED) is 0.0222. The number of esters is 4. The molecule has 0 radical (unpaired) electrons. The smallest absolute Gasteiger partial charge is 0.462 e. The van der Waals surface area contributed by atoms with Crippen molar-refractivity contribution in [2.24, 2.45) is 5.92 Å². The van der Waals surface area contributed by atoms with Crippen molar-refractivity contribution in [1.29, 1.82) is 0 Å². The SMILES string of the molecule is CCCCCCCCCCCCC(=O)OC[C@H](COP(=O)(O)OC[C@@H](O)COP(=O)(O)OC[C@@H](COC(=O)CCCCCCC)OC(=O)CCCCCCCCCCC)OC(=O)CCCCCCCCCC(C)C. The Balaban J connectivity index is 5.18. The summed E-state index contributed by atoms with van der Waals surface area (Å²) >= 11 is 0. The minimum atomic E-state index is -4.93. The molecule has 0 aromatic rings. The van der Waals surface area contributed by atoms with Crippen molar-refractivity contribution in [3.05, 3.63) is 0 Å². The molecule has 438 valence electrons. The van der Waals surface area contributed by atoms with Gasteiger partial charge in [-0.15, -0.1) is 0 Å². The van der Waals surface area contributed by atoms with Gasteiger partial charge in [-0.25, -0.2) is 9.13 Å². The number of carbonyl (C=O) groups is 4. The highest BCUT2D eigenvalue weighted by molar-refractivity contribution is 7.47. The van der Waals surface area contributed by atoms with Crippen LogP contribution in [-0.4, -0.2) is 96.7 Å². The molecule has 0 bridgehead atoms. The van der Waals surface area contributed by atoms with Gasteiger partial charge in [0.1, 0.15) is 19.3 Å².